The number of ether oxygens (including phenoxy) is 1. The summed E-state index contributed by atoms with van der Waals surface area (Å²) in [4.78, 5) is 28.2. The lowest BCUT2D eigenvalue weighted by molar-refractivity contribution is -0.141. The van der Waals surface area contributed by atoms with Crippen LogP contribution in [-0.4, -0.2) is 56.6 Å². The predicted molar refractivity (Wildman–Crippen MR) is 139 cm³/mol. The van der Waals surface area contributed by atoms with Crippen LogP contribution in [0.5, 0.6) is 5.75 Å². The fourth-order valence-electron chi connectivity index (χ4n) is 3.54. The van der Waals surface area contributed by atoms with E-state index in [-0.39, 0.29) is 12.5 Å². The number of carbonyl (C=O) groups is 2. The van der Waals surface area contributed by atoms with Crippen molar-refractivity contribution in [2.45, 2.75) is 52.2 Å². The standard InChI is InChI=1S/C25H34ClN3O5S/c1-7-22(24(31)27-25(2,3)4)28(16-18-11-13-19(26)14-12-18)23(30)17-29(35(6,32)33)20-9-8-10-21(15-20)34-5/h8-15,22H,7,16-17H2,1-6H3,(H,27,31)/t22-/m1/s1. The Kier molecular flexibility index (Phi) is 9.57. The number of carbonyl (C=O) groups excluding carboxylic acids is 2. The van der Waals surface area contributed by atoms with Crippen molar-refractivity contribution >= 4 is 39.1 Å². The molecule has 1 atom stereocenters. The quantitative estimate of drug-likeness (QED) is 0.510. The molecule has 0 fully saturated rings. The van der Waals surface area contributed by atoms with Gasteiger partial charge >= 0.3 is 0 Å². The normalized spacial score (nSPS) is 12.5. The van der Waals surface area contributed by atoms with Gasteiger partial charge in [0, 0.05) is 23.2 Å². The van der Waals surface area contributed by atoms with Crippen LogP contribution in [0.25, 0.3) is 0 Å². The third-order valence-corrected chi connectivity index (χ3v) is 6.56. The number of methoxy groups -OCH3 is 1. The minimum atomic E-state index is -3.82. The molecule has 192 valence electrons. The smallest absolute Gasteiger partial charge is 0.244 e. The molecule has 2 rings (SSSR count). The van der Waals surface area contributed by atoms with Crippen molar-refractivity contribution in [3.63, 3.8) is 0 Å². The zero-order chi connectivity index (χ0) is 26.4. The first-order valence-corrected chi connectivity index (χ1v) is 13.5. The van der Waals surface area contributed by atoms with Crippen molar-refractivity contribution in [1.29, 1.82) is 0 Å². The second-order valence-electron chi connectivity index (χ2n) is 9.28. The molecule has 0 radical (unpaired) electrons. The van der Waals surface area contributed by atoms with Gasteiger partial charge < -0.3 is 15.0 Å². The van der Waals surface area contributed by atoms with Gasteiger partial charge in [-0.05, 0) is 57.0 Å². The molecule has 0 aliphatic rings. The van der Waals surface area contributed by atoms with E-state index in [0.29, 0.717) is 22.9 Å². The fraction of sp³-hybridized carbons (Fsp3) is 0.440. The van der Waals surface area contributed by atoms with Crippen LogP contribution < -0.4 is 14.4 Å². The fourth-order valence-corrected chi connectivity index (χ4v) is 4.51. The van der Waals surface area contributed by atoms with Gasteiger partial charge in [0.05, 0.1) is 19.1 Å². The summed E-state index contributed by atoms with van der Waals surface area (Å²) in [6.07, 6.45) is 1.38. The van der Waals surface area contributed by atoms with Crippen LogP contribution in [0.3, 0.4) is 0 Å². The third-order valence-electron chi connectivity index (χ3n) is 5.17. The zero-order valence-electron chi connectivity index (χ0n) is 21.0. The minimum Gasteiger partial charge on any atom is -0.497 e. The lowest BCUT2D eigenvalue weighted by Gasteiger charge is -2.34. The number of rotatable bonds is 10. The van der Waals surface area contributed by atoms with E-state index in [0.717, 1.165) is 16.1 Å². The number of nitrogens with zero attached hydrogens (tertiary/aromatic N) is 2. The Bertz CT molecular complexity index is 1130. The molecule has 0 saturated carbocycles. The van der Waals surface area contributed by atoms with E-state index in [1.165, 1.54) is 12.0 Å². The summed E-state index contributed by atoms with van der Waals surface area (Å²) in [6.45, 7) is 7.03. The van der Waals surface area contributed by atoms with Crippen LogP contribution in [0.4, 0.5) is 5.69 Å². The highest BCUT2D eigenvalue weighted by atomic mass is 35.5. The Labute approximate surface area is 213 Å². The summed E-state index contributed by atoms with van der Waals surface area (Å²) in [5.74, 6) is -0.365. The maximum absolute atomic E-state index is 13.7. The topological polar surface area (TPSA) is 96.0 Å². The Morgan fingerprint density at radius 1 is 1.11 bits per heavy atom. The predicted octanol–water partition coefficient (Wildman–Crippen LogP) is 3.84. The maximum Gasteiger partial charge on any atom is 0.244 e. The number of amides is 2. The molecule has 0 unspecified atom stereocenters. The van der Waals surface area contributed by atoms with Crippen LogP contribution in [0.1, 0.15) is 39.7 Å². The Morgan fingerprint density at radius 3 is 2.26 bits per heavy atom. The number of nitrogens with one attached hydrogen (secondary N) is 1. The van der Waals surface area contributed by atoms with E-state index in [1.807, 2.05) is 27.7 Å². The number of sulfonamides is 1. The van der Waals surface area contributed by atoms with Gasteiger partial charge in [0.2, 0.25) is 21.8 Å². The molecule has 0 bridgehead atoms. The molecule has 10 heteroatoms. The van der Waals surface area contributed by atoms with Crippen molar-refractivity contribution in [3.8, 4) is 5.75 Å². The first-order valence-electron chi connectivity index (χ1n) is 11.2. The van der Waals surface area contributed by atoms with E-state index in [2.05, 4.69) is 5.32 Å². The number of hydrogen-bond donors (Lipinski definition) is 1. The molecule has 0 aliphatic carbocycles. The van der Waals surface area contributed by atoms with Crippen molar-refractivity contribution in [3.05, 3.63) is 59.1 Å². The van der Waals surface area contributed by atoms with Crippen molar-refractivity contribution < 1.29 is 22.7 Å². The summed E-state index contributed by atoms with van der Waals surface area (Å²) in [6, 6.07) is 12.6. The molecule has 2 amide bonds. The molecule has 2 aromatic carbocycles. The summed E-state index contributed by atoms with van der Waals surface area (Å²) in [5.41, 5.74) is 0.551. The molecule has 0 saturated heterocycles. The maximum atomic E-state index is 13.7. The molecule has 2 aromatic rings. The molecule has 35 heavy (non-hydrogen) atoms. The highest BCUT2D eigenvalue weighted by molar-refractivity contribution is 7.92. The van der Waals surface area contributed by atoms with Crippen LogP contribution in [0.2, 0.25) is 5.02 Å². The number of hydrogen-bond acceptors (Lipinski definition) is 5. The van der Waals surface area contributed by atoms with Crippen LogP contribution in [0.15, 0.2) is 48.5 Å². The van der Waals surface area contributed by atoms with E-state index < -0.39 is 34.1 Å². The van der Waals surface area contributed by atoms with Gasteiger partial charge in [-0.15, -0.1) is 0 Å². The molecule has 1 N–H and O–H groups in total. The Balaban J connectivity index is 2.46. The monoisotopic (exact) mass is 523 g/mol. The lowest BCUT2D eigenvalue weighted by atomic mass is 10.1. The van der Waals surface area contributed by atoms with Crippen molar-refractivity contribution in [2.75, 3.05) is 24.2 Å². The van der Waals surface area contributed by atoms with Gasteiger partial charge in [-0.25, -0.2) is 8.42 Å². The van der Waals surface area contributed by atoms with E-state index in [4.69, 9.17) is 16.3 Å². The zero-order valence-corrected chi connectivity index (χ0v) is 22.6. The first-order chi connectivity index (χ1) is 16.2. The van der Waals surface area contributed by atoms with Crippen molar-refractivity contribution in [1.82, 2.24) is 10.2 Å². The average Bonchev–Trinajstić information content (AvgIpc) is 2.76. The molecule has 0 aliphatic heterocycles. The molecule has 8 nitrogen and oxygen atoms in total. The number of anilines is 1. The minimum absolute atomic E-state index is 0.113. The van der Waals surface area contributed by atoms with E-state index >= 15 is 0 Å². The van der Waals surface area contributed by atoms with Gasteiger partial charge in [-0.1, -0.05) is 36.7 Å². The van der Waals surface area contributed by atoms with E-state index in [9.17, 15) is 18.0 Å². The number of benzene rings is 2. The molecular formula is C25H34ClN3O5S. The SMILES string of the molecule is CC[C@H](C(=O)NC(C)(C)C)N(Cc1ccc(Cl)cc1)C(=O)CN(c1cccc(OC)c1)S(C)(=O)=O. The van der Waals surface area contributed by atoms with Gasteiger partial charge in [0.15, 0.2) is 0 Å². The van der Waals surface area contributed by atoms with Crippen LogP contribution in [0, 0.1) is 0 Å². The largest absolute Gasteiger partial charge is 0.497 e. The second kappa shape index (κ2) is 11.8. The van der Waals surface area contributed by atoms with Gasteiger partial charge in [-0.2, -0.15) is 0 Å². The summed E-state index contributed by atoms with van der Waals surface area (Å²) >= 11 is 6.01. The van der Waals surface area contributed by atoms with Gasteiger partial charge in [0.25, 0.3) is 0 Å². The molecule has 0 spiro atoms. The van der Waals surface area contributed by atoms with Crippen LogP contribution in [-0.2, 0) is 26.2 Å². The average molecular weight is 524 g/mol. The molecular weight excluding hydrogens is 490 g/mol. The second-order valence-corrected chi connectivity index (χ2v) is 11.6. The molecule has 0 heterocycles. The summed E-state index contributed by atoms with van der Waals surface area (Å²) < 4.78 is 31.6. The molecule has 0 aromatic heterocycles. The van der Waals surface area contributed by atoms with Crippen LogP contribution >= 0.6 is 11.6 Å². The van der Waals surface area contributed by atoms with Gasteiger partial charge in [-0.3, -0.25) is 13.9 Å². The highest BCUT2D eigenvalue weighted by Gasteiger charge is 2.33. The lowest BCUT2D eigenvalue weighted by Crippen LogP contribution is -2.55. The van der Waals surface area contributed by atoms with Crippen molar-refractivity contribution in [2.24, 2.45) is 0 Å². The Hall–Kier alpha value is -2.78. The third kappa shape index (κ3) is 8.43. The Morgan fingerprint density at radius 2 is 1.74 bits per heavy atom. The first kappa shape index (κ1) is 28.5. The number of halogens is 1. The van der Waals surface area contributed by atoms with E-state index in [1.54, 1.807) is 48.5 Å². The summed E-state index contributed by atoms with van der Waals surface area (Å²) in [7, 11) is -2.34. The highest BCUT2D eigenvalue weighted by Crippen LogP contribution is 2.24. The van der Waals surface area contributed by atoms with Gasteiger partial charge in [0.1, 0.15) is 18.3 Å². The summed E-state index contributed by atoms with van der Waals surface area (Å²) in [5, 5.41) is 3.48.